The van der Waals surface area contributed by atoms with E-state index in [0.717, 1.165) is 12.0 Å². The number of halogens is 1. The van der Waals surface area contributed by atoms with Crippen LogP contribution in [-0.2, 0) is 33.2 Å². The summed E-state index contributed by atoms with van der Waals surface area (Å²) in [6.07, 6.45) is 3.64. The third kappa shape index (κ3) is 8.78. The van der Waals surface area contributed by atoms with E-state index in [0.29, 0.717) is 6.42 Å². The molecule has 10 nitrogen and oxygen atoms in total. The number of esters is 1. The molecule has 0 aromatic rings. The van der Waals surface area contributed by atoms with Crippen molar-refractivity contribution in [2.45, 2.75) is 126 Å². The Labute approximate surface area is 271 Å². The van der Waals surface area contributed by atoms with Gasteiger partial charge in [0.15, 0.2) is 12.1 Å². The molecular weight excluding hydrogens is 604 g/mol. The van der Waals surface area contributed by atoms with Gasteiger partial charge in [0.05, 0.1) is 30.8 Å². The minimum Gasteiger partial charge on any atom is -0.458 e. The number of carbonyl (C=O) groups excluding carboxylic acids is 1. The zero-order valence-electron chi connectivity index (χ0n) is 27.2. The predicted octanol–water partition coefficient (Wildman–Crippen LogP) is 3.40. The summed E-state index contributed by atoms with van der Waals surface area (Å²) >= 11 is 5.99. The second-order valence-electron chi connectivity index (χ2n) is 13.2. The number of ether oxygens (including phenoxy) is 6. The quantitative estimate of drug-likeness (QED) is 0.129. The number of cyclic esters (lactones) is 1. The maximum absolute atomic E-state index is 13.3. The standard InChI is InChI=1S/C34H49ClO10/c1-19-14-24(13-11-9-8-10-12-23-16-25(23)35)43-28(36)18-34(39)17-27(21(3)29(45-34)20(2)26(15-19)40-6)44-32-31(41-7)33(5,38)30(37)22(4)42-32/h8-9,11,13,15,20-27,29-32,37-39H,14,16-18H2,1-7H3/b9-8+,13-11+,19-15+/t20-,21-,22-,23?,24+,25+,26-,27+,29+,30+,31-,32+,33+,34+/m1/s1. The summed E-state index contributed by atoms with van der Waals surface area (Å²) in [4.78, 5) is 13.3. The van der Waals surface area contributed by atoms with Crippen molar-refractivity contribution in [3.63, 3.8) is 0 Å². The average Bonchev–Trinajstić information content (AvgIpc) is 3.67. The maximum atomic E-state index is 13.3. The van der Waals surface area contributed by atoms with Gasteiger partial charge in [-0.1, -0.05) is 49.5 Å². The third-order valence-electron chi connectivity index (χ3n) is 9.34. The van der Waals surface area contributed by atoms with Crippen LogP contribution in [0.15, 0.2) is 36.0 Å². The van der Waals surface area contributed by atoms with E-state index in [9.17, 15) is 20.1 Å². The second-order valence-corrected chi connectivity index (χ2v) is 13.7. The first-order chi connectivity index (χ1) is 21.2. The molecule has 1 aliphatic carbocycles. The molecule has 3 fully saturated rings. The van der Waals surface area contributed by atoms with Crippen molar-refractivity contribution in [2.75, 3.05) is 14.2 Å². The minimum absolute atomic E-state index is 0.0690. The molecule has 0 amide bonds. The van der Waals surface area contributed by atoms with Crippen LogP contribution < -0.4 is 0 Å². The topological polar surface area (TPSA) is 133 Å². The van der Waals surface area contributed by atoms with Crippen molar-refractivity contribution in [3.05, 3.63) is 36.0 Å². The molecule has 0 aromatic carbocycles. The highest BCUT2D eigenvalue weighted by Crippen LogP contribution is 2.42. The minimum atomic E-state index is -1.92. The first-order valence-electron chi connectivity index (χ1n) is 15.7. The predicted molar refractivity (Wildman–Crippen MR) is 167 cm³/mol. The fourth-order valence-corrected chi connectivity index (χ4v) is 6.78. The Morgan fingerprint density at radius 3 is 2.49 bits per heavy atom. The molecule has 0 spiro atoms. The highest BCUT2D eigenvalue weighted by Gasteiger charge is 2.55. The summed E-state index contributed by atoms with van der Waals surface area (Å²) in [5.41, 5.74) is -0.699. The van der Waals surface area contributed by atoms with Gasteiger partial charge in [0.1, 0.15) is 23.9 Å². The molecule has 4 aliphatic rings. The Hall–Kier alpha value is -1.78. The van der Waals surface area contributed by atoms with Gasteiger partial charge in [0, 0.05) is 50.2 Å². The first-order valence-corrected chi connectivity index (χ1v) is 16.1. The van der Waals surface area contributed by atoms with E-state index in [2.05, 4.69) is 11.8 Å². The van der Waals surface area contributed by atoms with Crippen LogP contribution in [0.2, 0.25) is 0 Å². The molecule has 4 rings (SSSR count). The zero-order chi connectivity index (χ0) is 33.1. The number of hydrogen-bond donors (Lipinski definition) is 3. The maximum Gasteiger partial charge on any atom is 0.311 e. The third-order valence-corrected chi connectivity index (χ3v) is 9.82. The van der Waals surface area contributed by atoms with Gasteiger partial charge in [-0.2, -0.15) is 0 Å². The SMILES string of the molecule is CO[C@@H]1[C@H](O[C@H]2C[C@@]3(O)CC(=O)O[C@@H](/C=C/C=C/C#CC4C[C@@H]4Cl)C/C(C)=C/[C@@H](OC)[C@@H](C)[C@H](O3)[C@@H]2C)O[C@H](C)[C@H](O)[C@]1(C)O. The van der Waals surface area contributed by atoms with Gasteiger partial charge in [0.2, 0.25) is 0 Å². The summed E-state index contributed by atoms with van der Waals surface area (Å²) in [5, 5.41) is 33.6. The lowest BCUT2D eigenvalue weighted by Gasteiger charge is -2.51. The van der Waals surface area contributed by atoms with Crippen molar-refractivity contribution in [1.82, 2.24) is 0 Å². The number of fused-ring (bicyclic) bond motifs is 2. The molecule has 14 atom stereocenters. The van der Waals surface area contributed by atoms with Gasteiger partial charge >= 0.3 is 5.97 Å². The molecule has 1 unspecified atom stereocenters. The van der Waals surface area contributed by atoms with Crippen molar-refractivity contribution in [3.8, 4) is 11.8 Å². The Kier molecular flexibility index (Phi) is 12.0. The average molecular weight is 653 g/mol. The largest absolute Gasteiger partial charge is 0.458 e. The fourth-order valence-electron chi connectivity index (χ4n) is 6.53. The van der Waals surface area contributed by atoms with Crippen molar-refractivity contribution in [1.29, 1.82) is 0 Å². The number of aliphatic hydroxyl groups is 3. The van der Waals surface area contributed by atoms with Crippen LogP contribution in [0.4, 0.5) is 0 Å². The molecule has 3 aliphatic heterocycles. The summed E-state index contributed by atoms with van der Waals surface area (Å²) < 4.78 is 35.9. The number of hydrogen-bond acceptors (Lipinski definition) is 10. The lowest BCUT2D eigenvalue weighted by molar-refractivity contribution is -0.362. The van der Waals surface area contributed by atoms with Crippen LogP contribution in [0.3, 0.4) is 0 Å². The van der Waals surface area contributed by atoms with Crippen LogP contribution in [0, 0.1) is 29.6 Å². The molecule has 0 aromatic heterocycles. The lowest BCUT2D eigenvalue weighted by Crippen LogP contribution is -2.66. The van der Waals surface area contributed by atoms with E-state index < -0.39 is 66.7 Å². The van der Waals surface area contributed by atoms with Gasteiger partial charge < -0.3 is 43.7 Å². The molecule has 2 saturated heterocycles. The van der Waals surface area contributed by atoms with Gasteiger partial charge in [-0.15, -0.1) is 11.6 Å². The van der Waals surface area contributed by atoms with E-state index in [1.165, 1.54) is 14.0 Å². The number of alkyl halides is 1. The van der Waals surface area contributed by atoms with Crippen molar-refractivity contribution in [2.24, 2.45) is 17.8 Å². The van der Waals surface area contributed by atoms with Crippen molar-refractivity contribution >= 4 is 17.6 Å². The number of rotatable bonds is 6. The van der Waals surface area contributed by atoms with Crippen LogP contribution in [0.1, 0.15) is 60.3 Å². The zero-order valence-corrected chi connectivity index (χ0v) is 28.0. The molecule has 3 N–H and O–H groups in total. The van der Waals surface area contributed by atoms with E-state index in [1.807, 2.05) is 26.8 Å². The van der Waals surface area contributed by atoms with Crippen LogP contribution in [-0.4, -0.2) is 101 Å². The lowest BCUT2D eigenvalue weighted by atomic mass is 9.79. The van der Waals surface area contributed by atoms with Crippen LogP contribution >= 0.6 is 11.6 Å². The van der Waals surface area contributed by atoms with Crippen molar-refractivity contribution < 1.29 is 48.5 Å². The van der Waals surface area contributed by atoms with Gasteiger partial charge in [0.25, 0.3) is 0 Å². The van der Waals surface area contributed by atoms with Gasteiger partial charge in [-0.05, 0) is 39.3 Å². The highest BCUT2D eigenvalue weighted by molar-refractivity contribution is 6.22. The normalized spacial score (nSPS) is 47.2. The molecule has 11 heteroatoms. The summed E-state index contributed by atoms with van der Waals surface area (Å²) in [5.74, 6) is 3.23. The Morgan fingerprint density at radius 2 is 1.84 bits per heavy atom. The van der Waals surface area contributed by atoms with Gasteiger partial charge in [-0.25, -0.2) is 0 Å². The molecule has 3 heterocycles. The number of methoxy groups -OCH3 is 2. The monoisotopic (exact) mass is 652 g/mol. The summed E-state index contributed by atoms with van der Waals surface area (Å²) in [6.45, 7) is 8.98. The first kappa shape index (κ1) is 36.1. The number of carbonyl (C=O) groups is 1. The van der Waals surface area contributed by atoms with E-state index >= 15 is 0 Å². The Morgan fingerprint density at radius 1 is 1.13 bits per heavy atom. The molecule has 45 heavy (non-hydrogen) atoms. The van der Waals surface area contributed by atoms with E-state index in [-0.39, 0.29) is 35.7 Å². The Balaban J connectivity index is 1.58. The van der Waals surface area contributed by atoms with E-state index in [4.69, 9.17) is 40.0 Å². The smallest absolute Gasteiger partial charge is 0.311 e. The molecular formula is C34H49ClO10. The fraction of sp³-hybridized carbons (Fsp3) is 0.735. The highest BCUT2D eigenvalue weighted by atomic mass is 35.5. The Bertz CT molecular complexity index is 1190. The molecule has 2 bridgehead atoms. The van der Waals surface area contributed by atoms with Gasteiger partial charge in [-0.3, -0.25) is 4.79 Å². The van der Waals surface area contributed by atoms with Crippen LogP contribution in [0.5, 0.6) is 0 Å². The summed E-state index contributed by atoms with van der Waals surface area (Å²) in [7, 11) is 3.02. The summed E-state index contributed by atoms with van der Waals surface area (Å²) in [6, 6.07) is 0. The molecule has 1 saturated carbocycles. The van der Waals surface area contributed by atoms with Crippen LogP contribution in [0.25, 0.3) is 0 Å². The van der Waals surface area contributed by atoms with E-state index in [1.54, 1.807) is 38.3 Å². The number of aliphatic hydroxyl groups excluding tert-OH is 1. The molecule has 0 radical (unpaired) electrons. The molecule has 252 valence electrons. The second kappa shape index (κ2) is 15.0. The number of allylic oxidation sites excluding steroid dienone is 3.